The zero-order valence-electron chi connectivity index (χ0n) is 52.7. The van der Waals surface area contributed by atoms with Gasteiger partial charge in [0, 0.05) is 75.6 Å². The SMILES string of the molecule is O=C1c2ccccc2P(=O)(c2ccc(Br)cc2)c2ccccc21.O=C1c2ccccc2P(=O)(c2ccc(N3c4ccccc4[Si](c4ccccc4)(c4ccccc4)c4ccccc43)cc2)c2ccccc21.c1ccc([Si]2(c3ccccc3)c3ccccc3Cc3ccccc32)cc1. The molecule has 0 unspecified atom stereocenters. The van der Waals surface area contributed by atoms with Crippen LogP contribution in [0.3, 0.4) is 0 Å². The van der Waals surface area contributed by atoms with Gasteiger partial charge >= 0.3 is 0 Å². The number of carbonyl (C=O) groups excluding carboxylic acids is 2. The molecule has 0 saturated heterocycles. The second kappa shape index (κ2) is 25.3. The molecule has 14 aromatic carbocycles. The molecule has 0 radical (unpaired) electrons. The number of benzene rings is 14. The number of hydrogen-bond donors (Lipinski definition) is 0. The molecular formula is C87H62BrNO4P2Si2. The molecule has 10 heteroatoms. The van der Waals surface area contributed by atoms with Crippen molar-refractivity contribution in [2.45, 2.75) is 6.42 Å². The van der Waals surface area contributed by atoms with Gasteiger partial charge in [-0.25, -0.2) is 0 Å². The summed E-state index contributed by atoms with van der Waals surface area (Å²) in [5.41, 5.74) is 8.36. The lowest BCUT2D eigenvalue weighted by molar-refractivity contribution is 0.103. The highest BCUT2D eigenvalue weighted by Gasteiger charge is 2.50. The topological polar surface area (TPSA) is 71.5 Å². The van der Waals surface area contributed by atoms with Gasteiger partial charge in [0.25, 0.3) is 0 Å². The molecule has 0 aliphatic carbocycles. The van der Waals surface area contributed by atoms with Gasteiger partial charge in [-0.1, -0.05) is 319 Å². The largest absolute Gasteiger partial charge is 0.311 e. The minimum absolute atomic E-state index is 0.0558. The van der Waals surface area contributed by atoms with Crippen molar-refractivity contribution in [1.29, 1.82) is 0 Å². The van der Waals surface area contributed by atoms with Crippen LogP contribution in [-0.4, -0.2) is 27.7 Å². The highest BCUT2D eigenvalue weighted by atomic mass is 79.9. The zero-order valence-corrected chi connectivity index (χ0v) is 58.1. The van der Waals surface area contributed by atoms with Crippen molar-refractivity contribution in [3.8, 4) is 0 Å². The van der Waals surface area contributed by atoms with Crippen LogP contribution in [0.2, 0.25) is 0 Å². The molecule has 5 nitrogen and oxygen atoms in total. The van der Waals surface area contributed by atoms with Crippen molar-refractivity contribution in [3.05, 3.63) is 402 Å². The van der Waals surface area contributed by atoms with Gasteiger partial charge in [-0.3, -0.25) is 9.59 Å². The first-order valence-corrected chi connectivity index (χ1v) is 40.8. The summed E-state index contributed by atoms with van der Waals surface area (Å²) in [5, 5.41) is 15.3. The molecule has 0 atom stereocenters. The minimum Gasteiger partial charge on any atom is -0.311 e. The Labute approximate surface area is 576 Å². The van der Waals surface area contributed by atoms with Crippen LogP contribution in [0.5, 0.6) is 0 Å². The van der Waals surface area contributed by atoms with Crippen molar-refractivity contribution in [2.24, 2.45) is 0 Å². The van der Waals surface area contributed by atoms with E-state index < -0.39 is 30.4 Å². The molecular weight excluding hydrogens is 1320 g/mol. The van der Waals surface area contributed by atoms with Crippen molar-refractivity contribution < 1.29 is 18.7 Å². The van der Waals surface area contributed by atoms with Gasteiger partial charge < -0.3 is 14.0 Å². The van der Waals surface area contributed by atoms with Crippen LogP contribution < -0.4 is 78.2 Å². The van der Waals surface area contributed by atoms with E-state index in [9.17, 15) is 14.2 Å². The Morgan fingerprint density at radius 2 is 0.546 bits per heavy atom. The van der Waals surface area contributed by atoms with Gasteiger partial charge in [0.2, 0.25) is 0 Å². The fourth-order valence-corrected chi connectivity index (χ4v) is 32.2. The van der Waals surface area contributed by atoms with Crippen LogP contribution in [0.4, 0.5) is 17.1 Å². The first-order valence-electron chi connectivity index (χ1n) is 32.6. The maximum Gasteiger partial charge on any atom is 0.194 e. The predicted octanol–water partition coefficient (Wildman–Crippen LogP) is 12.6. The summed E-state index contributed by atoms with van der Waals surface area (Å²) in [6, 6.07) is 125. The van der Waals surface area contributed by atoms with E-state index in [2.05, 4.69) is 251 Å². The summed E-state index contributed by atoms with van der Waals surface area (Å²) in [5.74, 6) is -0.130. The van der Waals surface area contributed by atoms with Gasteiger partial charge in [0.15, 0.2) is 42.0 Å². The zero-order chi connectivity index (χ0) is 65.7. The Balaban J connectivity index is 0.000000126. The molecule has 0 fully saturated rings. The van der Waals surface area contributed by atoms with Gasteiger partial charge in [-0.05, 0) is 120 Å². The molecule has 4 aliphatic heterocycles. The highest BCUT2D eigenvalue weighted by molar-refractivity contribution is 9.10. The maximum atomic E-state index is 15.3. The molecule has 464 valence electrons. The van der Waals surface area contributed by atoms with Crippen LogP contribution in [0.15, 0.2) is 368 Å². The van der Waals surface area contributed by atoms with E-state index in [0.717, 1.165) is 38.6 Å². The quantitative estimate of drug-likeness (QED) is 0.117. The van der Waals surface area contributed by atoms with Crippen LogP contribution in [0.1, 0.15) is 43.0 Å². The minimum atomic E-state index is -3.31. The molecule has 0 N–H and O–H groups in total. The third-order valence-electron chi connectivity index (χ3n) is 19.8. The van der Waals surface area contributed by atoms with E-state index >= 15 is 4.57 Å². The summed E-state index contributed by atoms with van der Waals surface area (Å²) in [6.45, 7) is 0. The lowest BCUT2D eigenvalue weighted by atomic mass is 10.0. The number of para-hydroxylation sites is 2. The van der Waals surface area contributed by atoms with Crippen molar-refractivity contribution in [2.75, 3.05) is 4.90 Å². The Hall–Kier alpha value is -10.4. The predicted molar refractivity (Wildman–Crippen MR) is 411 cm³/mol. The number of nitrogens with zero attached hydrogens (tertiary/aromatic N) is 1. The number of carbonyl (C=O) groups is 2. The van der Waals surface area contributed by atoms with Crippen molar-refractivity contribution >= 4 is 148 Å². The van der Waals surface area contributed by atoms with Crippen LogP contribution in [-0.2, 0) is 15.6 Å². The number of hydrogen-bond acceptors (Lipinski definition) is 5. The van der Waals surface area contributed by atoms with E-state index in [0.29, 0.717) is 43.5 Å². The van der Waals surface area contributed by atoms with E-state index in [1.165, 1.54) is 52.6 Å². The van der Waals surface area contributed by atoms with Crippen molar-refractivity contribution in [3.63, 3.8) is 0 Å². The highest BCUT2D eigenvalue weighted by Crippen LogP contribution is 2.49. The van der Waals surface area contributed by atoms with Gasteiger partial charge in [0.1, 0.15) is 0 Å². The van der Waals surface area contributed by atoms with Crippen molar-refractivity contribution in [1.82, 2.24) is 0 Å². The Bertz CT molecular complexity index is 5180. The summed E-state index contributed by atoms with van der Waals surface area (Å²) >= 11 is 3.42. The lowest BCUT2D eigenvalue weighted by Crippen LogP contribution is -2.77. The average Bonchev–Trinajstić information content (AvgIpc) is 0.721. The number of fused-ring (bicyclic) bond motifs is 8. The molecule has 0 bridgehead atoms. The molecule has 4 heterocycles. The monoisotopic (exact) mass is 1380 g/mol. The summed E-state index contributed by atoms with van der Waals surface area (Å²) < 4.78 is 30.5. The summed E-state index contributed by atoms with van der Waals surface area (Å²) in [4.78, 5) is 28.6. The summed E-state index contributed by atoms with van der Waals surface area (Å²) in [6.07, 6.45) is 1.03. The van der Waals surface area contributed by atoms with E-state index in [4.69, 9.17) is 0 Å². The molecule has 14 aromatic rings. The molecule has 0 saturated carbocycles. The third-order valence-corrected chi connectivity index (χ3v) is 36.5. The van der Waals surface area contributed by atoms with E-state index in [1.54, 1.807) is 24.3 Å². The number of rotatable bonds is 7. The second-order valence-electron chi connectivity index (χ2n) is 24.8. The van der Waals surface area contributed by atoms with E-state index in [1.807, 2.05) is 109 Å². The first-order chi connectivity index (χ1) is 47.7. The Morgan fingerprint density at radius 1 is 0.278 bits per heavy atom. The van der Waals surface area contributed by atoms with Crippen LogP contribution in [0, 0.1) is 0 Å². The molecule has 0 spiro atoms. The normalized spacial score (nSPS) is 14.8. The van der Waals surface area contributed by atoms with Crippen LogP contribution >= 0.6 is 30.2 Å². The smallest absolute Gasteiger partial charge is 0.194 e. The molecule has 97 heavy (non-hydrogen) atoms. The fraction of sp³-hybridized carbons (Fsp3) is 0.0115. The second-order valence-corrected chi connectivity index (χ2v) is 38.5. The van der Waals surface area contributed by atoms with Crippen LogP contribution in [0.25, 0.3) is 0 Å². The maximum absolute atomic E-state index is 15.3. The Kier molecular flexibility index (Phi) is 16.0. The molecule has 4 aliphatic rings. The first kappa shape index (κ1) is 61.5. The number of halogens is 1. The van der Waals surface area contributed by atoms with Gasteiger partial charge in [-0.2, -0.15) is 0 Å². The molecule has 0 aromatic heterocycles. The molecule has 0 amide bonds. The standard InChI is InChI=1S/C43H30NO2PSi.C25H20Si.C19H12BrO2P/c45-43-35-19-7-11-23-39(35)47(46,40-24-12-8-20-36(40)43)32-29-27-31(28-30-32)44-37-21-9-13-25-41(37)48(33-15-3-1-4-16-33,34-17-5-2-6-18-34)42-26-14-10-22-38(42)44;1-3-13-22(14-4-1)26(23-15-5-2-6-16-23)24-17-9-7-11-20(24)19-21-12-8-10-18-25(21)26;20-13-9-11-14(12-10-13)23(22)17-7-3-1-5-15(17)19(21)16-6-2-4-8-18(16)23/h1-30H;1-18H,19H2;1-12H. The van der Waals surface area contributed by atoms with Gasteiger partial charge in [0.05, 0.1) is 0 Å². The number of anilines is 3. The van der Waals surface area contributed by atoms with Gasteiger partial charge in [-0.15, -0.1) is 0 Å². The van der Waals surface area contributed by atoms with E-state index in [-0.39, 0.29) is 11.6 Å². The lowest BCUT2D eigenvalue weighted by Gasteiger charge is -2.45. The molecule has 18 rings (SSSR count). The third kappa shape index (κ3) is 9.92. The Morgan fingerprint density at radius 3 is 0.897 bits per heavy atom. The number of ketones is 2. The fourth-order valence-electron chi connectivity index (χ4n) is 15.6. The summed E-state index contributed by atoms with van der Waals surface area (Å²) in [7, 11) is -11.3. The average molecular weight is 1380 g/mol.